The number of hydrogen-bond acceptors (Lipinski definition) is 2. The predicted octanol–water partition coefficient (Wildman–Crippen LogP) is 5.90. The Hall–Kier alpha value is -0.460. The smallest absolute Gasteiger partial charge is 0.387 e. The second kappa shape index (κ2) is 6.33. The Morgan fingerprint density at radius 3 is 2.32 bits per heavy atom. The third-order valence-corrected chi connectivity index (χ3v) is 5.19. The molecule has 2 aromatic rings. The van der Waals surface area contributed by atoms with Gasteiger partial charge in [0.1, 0.15) is 5.75 Å². The van der Waals surface area contributed by atoms with E-state index in [4.69, 9.17) is 0 Å². The molecule has 1 unspecified atom stereocenters. The minimum absolute atomic E-state index is 0.0376. The van der Waals surface area contributed by atoms with E-state index < -0.39 is 6.61 Å². The molecule has 0 aliphatic heterocycles. The van der Waals surface area contributed by atoms with Crippen LogP contribution >= 0.6 is 43.2 Å². The molecule has 0 N–H and O–H groups in total. The van der Waals surface area contributed by atoms with Crippen LogP contribution in [0.1, 0.15) is 20.8 Å². The van der Waals surface area contributed by atoms with Crippen LogP contribution in [-0.2, 0) is 0 Å². The van der Waals surface area contributed by atoms with Gasteiger partial charge in [-0.25, -0.2) is 0 Å². The van der Waals surface area contributed by atoms with Gasteiger partial charge in [-0.2, -0.15) is 8.78 Å². The van der Waals surface area contributed by atoms with Crippen molar-refractivity contribution in [3.63, 3.8) is 0 Å². The molecule has 0 aliphatic carbocycles. The summed E-state index contributed by atoms with van der Waals surface area (Å²) < 4.78 is 29.5. The number of rotatable bonds is 4. The minimum atomic E-state index is -2.79. The molecular formula is C13H10Br2F2OS. The van der Waals surface area contributed by atoms with Crippen LogP contribution in [0.5, 0.6) is 5.75 Å². The molecule has 0 aliphatic rings. The first-order valence-corrected chi connectivity index (χ1v) is 7.94. The summed E-state index contributed by atoms with van der Waals surface area (Å²) >= 11 is 8.75. The normalized spacial score (nSPS) is 12.7. The summed E-state index contributed by atoms with van der Waals surface area (Å²) in [6.07, 6.45) is 0. The van der Waals surface area contributed by atoms with Crippen molar-refractivity contribution in [3.05, 3.63) is 50.1 Å². The fraction of sp³-hybridized carbons (Fsp3) is 0.231. The average molecular weight is 412 g/mol. The van der Waals surface area contributed by atoms with E-state index in [2.05, 4.69) is 42.7 Å². The molecule has 0 amide bonds. The minimum Gasteiger partial charge on any atom is -0.435 e. The molecule has 1 aromatic carbocycles. The molecule has 0 spiro atoms. The molecule has 0 bridgehead atoms. The molecule has 2 rings (SSSR count). The molecule has 1 atom stereocenters. The molecule has 0 saturated carbocycles. The SMILES string of the molecule is Cc1sc(Br)cc1C(Br)c1ccc(OC(F)F)cc1. The van der Waals surface area contributed by atoms with Gasteiger partial charge in [0.15, 0.2) is 0 Å². The van der Waals surface area contributed by atoms with Crippen LogP contribution in [0, 0.1) is 6.92 Å². The summed E-state index contributed by atoms with van der Waals surface area (Å²) in [6, 6.07) is 8.71. The lowest BCUT2D eigenvalue weighted by atomic mass is 10.1. The predicted molar refractivity (Wildman–Crippen MR) is 80.6 cm³/mol. The fourth-order valence-corrected chi connectivity index (χ4v) is 4.39. The number of hydrogen-bond donors (Lipinski definition) is 0. The van der Waals surface area contributed by atoms with Crippen LogP contribution in [0.25, 0.3) is 0 Å². The largest absolute Gasteiger partial charge is 0.435 e. The maximum Gasteiger partial charge on any atom is 0.387 e. The topological polar surface area (TPSA) is 9.23 Å². The monoisotopic (exact) mass is 410 g/mol. The van der Waals surface area contributed by atoms with Gasteiger partial charge in [0.25, 0.3) is 0 Å². The fourth-order valence-electron chi connectivity index (χ4n) is 1.71. The third-order valence-electron chi connectivity index (χ3n) is 2.60. The van der Waals surface area contributed by atoms with Crippen molar-refractivity contribution in [2.75, 3.05) is 0 Å². The van der Waals surface area contributed by atoms with E-state index in [9.17, 15) is 8.78 Å². The van der Waals surface area contributed by atoms with Gasteiger partial charge in [-0.1, -0.05) is 28.1 Å². The molecule has 0 fully saturated rings. The van der Waals surface area contributed by atoms with E-state index in [-0.39, 0.29) is 10.6 Å². The van der Waals surface area contributed by atoms with E-state index in [1.807, 2.05) is 6.92 Å². The summed E-state index contributed by atoms with van der Waals surface area (Å²) in [4.78, 5) is 1.25. The maximum atomic E-state index is 12.1. The van der Waals surface area contributed by atoms with Gasteiger partial charge in [-0.3, -0.25) is 0 Å². The third kappa shape index (κ3) is 3.77. The van der Waals surface area contributed by atoms with Crippen molar-refractivity contribution in [2.24, 2.45) is 0 Å². The van der Waals surface area contributed by atoms with Gasteiger partial charge in [0.05, 0.1) is 8.61 Å². The van der Waals surface area contributed by atoms with Crippen LogP contribution < -0.4 is 4.74 Å². The van der Waals surface area contributed by atoms with Gasteiger partial charge in [0, 0.05) is 4.88 Å². The first-order chi connectivity index (χ1) is 8.97. The Labute approximate surface area is 130 Å². The Kier molecular flexibility index (Phi) is 4.97. The van der Waals surface area contributed by atoms with E-state index in [1.54, 1.807) is 35.6 Å². The lowest BCUT2D eigenvalue weighted by Gasteiger charge is -2.11. The summed E-state index contributed by atoms with van der Waals surface area (Å²) in [6.45, 7) is -0.742. The van der Waals surface area contributed by atoms with Gasteiger partial charge in [0.2, 0.25) is 0 Å². The van der Waals surface area contributed by atoms with E-state index in [1.165, 1.54) is 10.4 Å². The summed E-state index contributed by atoms with van der Waals surface area (Å²) in [5.74, 6) is 0.168. The van der Waals surface area contributed by atoms with Crippen molar-refractivity contribution in [3.8, 4) is 5.75 Å². The number of benzene rings is 1. The van der Waals surface area contributed by atoms with Crippen molar-refractivity contribution in [2.45, 2.75) is 18.4 Å². The maximum absolute atomic E-state index is 12.1. The molecule has 0 radical (unpaired) electrons. The molecule has 19 heavy (non-hydrogen) atoms. The Morgan fingerprint density at radius 2 is 1.84 bits per heavy atom. The Bertz CT molecular complexity index is 554. The summed E-state index contributed by atoms with van der Waals surface area (Å²) in [7, 11) is 0. The highest BCUT2D eigenvalue weighted by Crippen LogP contribution is 2.38. The quantitative estimate of drug-likeness (QED) is 0.568. The molecule has 102 valence electrons. The molecular weight excluding hydrogens is 402 g/mol. The van der Waals surface area contributed by atoms with Crippen LogP contribution in [0.3, 0.4) is 0 Å². The molecule has 1 aromatic heterocycles. The van der Waals surface area contributed by atoms with Crippen molar-refractivity contribution < 1.29 is 13.5 Å². The van der Waals surface area contributed by atoms with E-state index >= 15 is 0 Å². The van der Waals surface area contributed by atoms with E-state index in [0.717, 1.165) is 9.35 Å². The number of halogens is 4. The number of thiophene rings is 1. The van der Waals surface area contributed by atoms with Gasteiger partial charge < -0.3 is 4.74 Å². The van der Waals surface area contributed by atoms with Crippen LogP contribution in [0.15, 0.2) is 34.1 Å². The molecule has 1 nitrogen and oxygen atoms in total. The first-order valence-electron chi connectivity index (χ1n) is 5.42. The van der Waals surface area contributed by atoms with E-state index in [0.29, 0.717) is 0 Å². The van der Waals surface area contributed by atoms with Gasteiger partial charge in [-0.05, 0) is 52.2 Å². The number of alkyl halides is 3. The zero-order valence-electron chi connectivity index (χ0n) is 9.87. The van der Waals surface area contributed by atoms with Gasteiger partial charge >= 0.3 is 6.61 Å². The number of aryl methyl sites for hydroxylation is 1. The summed E-state index contributed by atoms with van der Waals surface area (Å²) in [5, 5.41) is 0. The molecule has 6 heteroatoms. The first kappa shape index (κ1) is 14.9. The molecule has 1 heterocycles. The highest BCUT2D eigenvalue weighted by molar-refractivity contribution is 9.11. The van der Waals surface area contributed by atoms with Crippen molar-refractivity contribution >= 4 is 43.2 Å². The zero-order chi connectivity index (χ0) is 14.0. The Morgan fingerprint density at radius 1 is 1.21 bits per heavy atom. The summed E-state index contributed by atoms with van der Waals surface area (Å²) in [5.41, 5.74) is 2.16. The second-order valence-electron chi connectivity index (χ2n) is 3.87. The lowest BCUT2D eigenvalue weighted by Crippen LogP contribution is -2.02. The number of ether oxygens (including phenoxy) is 1. The van der Waals surface area contributed by atoms with Crippen LogP contribution in [-0.4, -0.2) is 6.61 Å². The molecule has 0 saturated heterocycles. The van der Waals surface area contributed by atoms with Gasteiger partial charge in [-0.15, -0.1) is 11.3 Å². The highest BCUT2D eigenvalue weighted by Gasteiger charge is 2.15. The van der Waals surface area contributed by atoms with Crippen molar-refractivity contribution in [1.29, 1.82) is 0 Å². The highest BCUT2D eigenvalue weighted by atomic mass is 79.9. The lowest BCUT2D eigenvalue weighted by molar-refractivity contribution is -0.0498. The Balaban J connectivity index is 2.20. The standard InChI is InChI=1S/C13H10Br2F2OS/c1-7-10(6-11(14)19-7)12(15)8-2-4-9(5-3-8)18-13(16)17/h2-6,12-13H,1H3. The van der Waals surface area contributed by atoms with Crippen LogP contribution in [0.4, 0.5) is 8.78 Å². The average Bonchev–Trinajstić information content (AvgIpc) is 2.68. The second-order valence-corrected chi connectivity index (χ2v) is 7.42. The van der Waals surface area contributed by atoms with Crippen LogP contribution in [0.2, 0.25) is 0 Å². The van der Waals surface area contributed by atoms with Crippen molar-refractivity contribution in [1.82, 2.24) is 0 Å². The zero-order valence-corrected chi connectivity index (χ0v) is 13.9.